The van der Waals surface area contributed by atoms with Crippen LogP contribution in [0.3, 0.4) is 0 Å². The van der Waals surface area contributed by atoms with Gasteiger partial charge in [0.1, 0.15) is 0 Å². The van der Waals surface area contributed by atoms with E-state index in [2.05, 4.69) is 0 Å². The van der Waals surface area contributed by atoms with Crippen molar-refractivity contribution in [1.82, 2.24) is 0 Å². The molecule has 0 spiro atoms. The van der Waals surface area contributed by atoms with Crippen molar-refractivity contribution < 1.29 is 9.84 Å². The molecule has 0 saturated carbocycles. The molecule has 0 aliphatic rings. The molecule has 0 saturated heterocycles. The number of methoxy groups -OCH3 is 1. The van der Waals surface area contributed by atoms with Gasteiger partial charge in [-0.2, -0.15) is 0 Å². The maximum atomic E-state index is 9.67. The summed E-state index contributed by atoms with van der Waals surface area (Å²) in [4.78, 5) is 0. The van der Waals surface area contributed by atoms with Crippen molar-refractivity contribution in [3.63, 3.8) is 0 Å². The van der Waals surface area contributed by atoms with Crippen molar-refractivity contribution in [2.45, 2.75) is 18.9 Å². The molecule has 4 heteroatoms. The molecular formula is C11H14Cl2O2. The van der Waals surface area contributed by atoms with Crippen molar-refractivity contribution in [3.8, 4) is 0 Å². The van der Waals surface area contributed by atoms with Crippen molar-refractivity contribution in [1.29, 1.82) is 0 Å². The largest absolute Gasteiger partial charge is 0.393 e. The molecule has 0 amide bonds. The molecule has 84 valence electrons. The van der Waals surface area contributed by atoms with Gasteiger partial charge in [0.2, 0.25) is 0 Å². The van der Waals surface area contributed by atoms with Crippen LogP contribution in [0, 0.1) is 0 Å². The first-order valence-corrected chi connectivity index (χ1v) is 5.50. The van der Waals surface area contributed by atoms with E-state index in [0.717, 1.165) is 5.56 Å². The summed E-state index contributed by atoms with van der Waals surface area (Å²) in [6, 6.07) is 5.25. The Bertz CT molecular complexity index is 315. The van der Waals surface area contributed by atoms with Crippen molar-refractivity contribution in [2.24, 2.45) is 0 Å². The average molecular weight is 249 g/mol. The van der Waals surface area contributed by atoms with Gasteiger partial charge in [-0.1, -0.05) is 23.2 Å². The van der Waals surface area contributed by atoms with Crippen LogP contribution >= 0.6 is 23.2 Å². The van der Waals surface area contributed by atoms with E-state index in [-0.39, 0.29) is 0 Å². The molecule has 1 aromatic rings. The number of ether oxygens (including phenoxy) is 1. The van der Waals surface area contributed by atoms with Crippen LogP contribution in [-0.2, 0) is 11.2 Å². The van der Waals surface area contributed by atoms with Crippen LogP contribution in [-0.4, -0.2) is 24.9 Å². The molecule has 0 bridgehead atoms. The van der Waals surface area contributed by atoms with Gasteiger partial charge in [-0.25, -0.2) is 0 Å². The molecule has 0 heterocycles. The third kappa shape index (κ3) is 4.39. The van der Waals surface area contributed by atoms with E-state index >= 15 is 0 Å². The number of benzene rings is 1. The minimum absolute atomic E-state index is 0.444. The molecule has 1 rings (SSSR count). The van der Waals surface area contributed by atoms with Gasteiger partial charge in [-0.3, -0.25) is 0 Å². The number of halogens is 2. The number of hydrogen-bond donors (Lipinski definition) is 1. The zero-order valence-corrected chi connectivity index (χ0v) is 10.1. The molecule has 0 aliphatic heterocycles. The van der Waals surface area contributed by atoms with Gasteiger partial charge >= 0.3 is 0 Å². The lowest BCUT2D eigenvalue weighted by Gasteiger charge is -2.11. The summed E-state index contributed by atoms with van der Waals surface area (Å²) in [5, 5.41) is 10.9. The first kappa shape index (κ1) is 12.8. The lowest BCUT2D eigenvalue weighted by molar-refractivity contribution is 0.110. The molecule has 0 aromatic heterocycles. The number of rotatable bonds is 5. The van der Waals surface area contributed by atoms with Gasteiger partial charge in [-0.05, 0) is 36.6 Å². The quantitative estimate of drug-likeness (QED) is 0.869. The van der Waals surface area contributed by atoms with Crippen LogP contribution < -0.4 is 0 Å². The highest BCUT2D eigenvalue weighted by Gasteiger charge is 2.08. The molecule has 15 heavy (non-hydrogen) atoms. The summed E-state index contributed by atoms with van der Waals surface area (Å²) < 4.78 is 4.89. The smallest absolute Gasteiger partial charge is 0.0603 e. The van der Waals surface area contributed by atoms with Crippen LogP contribution in [0.15, 0.2) is 18.2 Å². The maximum absolute atomic E-state index is 9.67. The van der Waals surface area contributed by atoms with Gasteiger partial charge in [0.15, 0.2) is 0 Å². The standard InChI is InChI=1S/C11H14Cl2O2/c1-15-5-4-10(14)7-8-6-9(12)2-3-11(8)13/h2-3,6,10,14H,4-5,7H2,1H3. The summed E-state index contributed by atoms with van der Waals surface area (Å²) >= 11 is 11.8. The van der Waals surface area contributed by atoms with E-state index in [1.165, 1.54) is 0 Å². The van der Waals surface area contributed by atoms with Crippen LogP contribution in [0.25, 0.3) is 0 Å². The molecule has 2 nitrogen and oxygen atoms in total. The van der Waals surface area contributed by atoms with Crippen molar-refractivity contribution in [3.05, 3.63) is 33.8 Å². The third-order valence-electron chi connectivity index (χ3n) is 2.12. The van der Waals surface area contributed by atoms with Crippen LogP contribution in [0.1, 0.15) is 12.0 Å². The van der Waals surface area contributed by atoms with E-state index < -0.39 is 6.10 Å². The summed E-state index contributed by atoms with van der Waals surface area (Å²) in [5.74, 6) is 0. The van der Waals surface area contributed by atoms with E-state index in [9.17, 15) is 5.11 Å². The molecule has 0 fully saturated rings. The molecule has 1 aromatic carbocycles. The van der Waals surface area contributed by atoms with Gasteiger partial charge < -0.3 is 9.84 Å². The van der Waals surface area contributed by atoms with Gasteiger partial charge in [0.25, 0.3) is 0 Å². The highest BCUT2D eigenvalue weighted by molar-refractivity contribution is 6.33. The first-order valence-electron chi connectivity index (χ1n) is 4.74. The molecular weight excluding hydrogens is 235 g/mol. The Labute approximate surface area is 99.8 Å². The third-order valence-corrected chi connectivity index (χ3v) is 2.72. The summed E-state index contributed by atoms with van der Waals surface area (Å²) in [6.45, 7) is 0.541. The van der Waals surface area contributed by atoms with Crippen molar-refractivity contribution in [2.75, 3.05) is 13.7 Å². The fourth-order valence-corrected chi connectivity index (χ4v) is 1.70. The molecule has 1 unspecified atom stereocenters. The highest BCUT2D eigenvalue weighted by Crippen LogP contribution is 2.22. The predicted octanol–water partition coefficient (Wildman–Crippen LogP) is 2.93. The predicted molar refractivity (Wildman–Crippen MR) is 62.7 cm³/mol. The van der Waals surface area contributed by atoms with Crippen LogP contribution in [0.2, 0.25) is 10.0 Å². The Morgan fingerprint density at radius 1 is 1.40 bits per heavy atom. The first-order chi connectivity index (χ1) is 7.13. The van der Waals surface area contributed by atoms with Gasteiger partial charge in [0.05, 0.1) is 6.10 Å². The van der Waals surface area contributed by atoms with Crippen LogP contribution in [0.5, 0.6) is 0 Å². The Morgan fingerprint density at radius 2 is 2.13 bits per heavy atom. The second-order valence-electron chi connectivity index (χ2n) is 3.38. The molecule has 0 aliphatic carbocycles. The highest BCUT2D eigenvalue weighted by atomic mass is 35.5. The Hall–Kier alpha value is -0.280. The number of hydrogen-bond acceptors (Lipinski definition) is 2. The SMILES string of the molecule is COCCC(O)Cc1cc(Cl)ccc1Cl. The van der Waals surface area contributed by atoms with Crippen LogP contribution in [0.4, 0.5) is 0 Å². The number of aliphatic hydroxyl groups is 1. The second kappa shape index (κ2) is 6.33. The summed E-state index contributed by atoms with van der Waals surface area (Å²) in [5.41, 5.74) is 0.868. The van der Waals surface area contributed by atoms with E-state index in [0.29, 0.717) is 29.5 Å². The zero-order chi connectivity index (χ0) is 11.3. The fourth-order valence-electron chi connectivity index (χ4n) is 1.31. The topological polar surface area (TPSA) is 29.5 Å². The lowest BCUT2D eigenvalue weighted by Crippen LogP contribution is -2.13. The molecule has 0 radical (unpaired) electrons. The van der Waals surface area contributed by atoms with E-state index in [4.69, 9.17) is 27.9 Å². The zero-order valence-electron chi connectivity index (χ0n) is 8.54. The average Bonchev–Trinajstić information content (AvgIpc) is 2.20. The minimum atomic E-state index is -0.444. The number of aliphatic hydroxyl groups excluding tert-OH is 1. The van der Waals surface area contributed by atoms with E-state index in [1.54, 1.807) is 25.3 Å². The summed E-state index contributed by atoms with van der Waals surface area (Å²) in [7, 11) is 1.61. The monoisotopic (exact) mass is 248 g/mol. The maximum Gasteiger partial charge on any atom is 0.0603 e. The lowest BCUT2D eigenvalue weighted by atomic mass is 10.1. The Balaban J connectivity index is 2.59. The van der Waals surface area contributed by atoms with Gasteiger partial charge in [-0.15, -0.1) is 0 Å². The minimum Gasteiger partial charge on any atom is -0.393 e. The normalized spacial score (nSPS) is 12.8. The fraction of sp³-hybridized carbons (Fsp3) is 0.455. The Morgan fingerprint density at radius 3 is 2.80 bits per heavy atom. The summed E-state index contributed by atoms with van der Waals surface area (Å²) in [6.07, 6.45) is 0.656. The molecule has 1 atom stereocenters. The van der Waals surface area contributed by atoms with E-state index in [1.807, 2.05) is 0 Å². The van der Waals surface area contributed by atoms with Gasteiger partial charge in [0, 0.05) is 23.8 Å². The Kier molecular flexibility index (Phi) is 5.40. The van der Waals surface area contributed by atoms with Crippen molar-refractivity contribution >= 4 is 23.2 Å². The second-order valence-corrected chi connectivity index (χ2v) is 4.22. The molecule has 1 N–H and O–H groups in total.